The molecule has 0 saturated heterocycles. The van der Waals surface area contributed by atoms with Crippen LogP contribution >= 0.6 is 7.92 Å². The molecule has 0 unspecified atom stereocenters. The summed E-state index contributed by atoms with van der Waals surface area (Å²) in [7, 11) is -0.192. The van der Waals surface area contributed by atoms with Crippen LogP contribution in [0.4, 0.5) is 0 Å². The van der Waals surface area contributed by atoms with Crippen molar-refractivity contribution >= 4 is 56.3 Å². The Hall–Kier alpha value is -5.55. The van der Waals surface area contributed by atoms with Crippen LogP contribution in [0.2, 0.25) is 0 Å². The van der Waals surface area contributed by atoms with Crippen LogP contribution in [-0.4, -0.2) is 13.3 Å². The van der Waals surface area contributed by atoms with Crippen LogP contribution < -0.4 is 5.30 Å². The minimum Gasteiger partial charge on any atom is -0.0817 e. The first kappa shape index (κ1) is 29.6. The van der Waals surface area contributed by atoms with Crippen molar-refractivity contribution in [2.24, 2.45) is 0 Å². The van der Waals surface area contributed by atoms with Gasteiger partial charge in [-0.05, 0) is 137 Å². The van der Waals surface area contributed by atoms with Crippen LogP contribution in [0.3, 0.4) is 0 Å². The minimum absolute atomic E-state index is 0.192. The van der Waals surface area contributed by atoms with E-state index in [0.29, 0.717) is 0 Å². The van der Waals surface area contributed by atoms with Crippen LogP contribution in [0.5, 0.6) is 0 Å². The van der Waals surface area contributed by atoms with Gasteiger partial charge in [0.25, 0.3) is 0 Å². The first-order chi connectivity index (χ1) is 24.1. The Morgan fingerprint density at radius 1 is 0.286 bits per heavy atom. The molecule has 0 atom stereocenters. The molecule has 0 radical (unpaired) electrons. The maximum Gasteiger partial charge on any atom is -0.00259 e. The lowest BCUT2D eigenvalue weighted by Gasteiger charge is -2.20. The van der Waals surface area contributed by atoms with Crippen LogP contribution in [0.15, 0.2) is 176 Å². The highest BCUT2D eigenvalue weighted by molar-refractivity contribution is 7.64. The quantitative estimate of drug-likeness (QED) is 0.129. The molecule has 232 valence electrons. The molecule has 0 spiro atoms. The predicted octanol–water partition coefficient (Wildman–Crippen LogP) is 13.3. The van der Waals surface area contributed by atoms with Gasteiger partial charge >= 0.3 is 0 Å². The highest BCUT2D eigenvalue weighted by Crippen LogP contribution is 2.46. The van der Waals surface area contributed by atoms with E-state index in [2.05, 4.69) is 189 Å². The van der Waals surface area contributed by atoms with Gasteiger partial charge < -0.3 is 0 Å². The summed E-state index contributed by atoms with van der Waals surface area (Å²) >= 11 is 0. The molecule has 0 aromatic heterocycles. The molecular formula is C48H35P. The summed E-state index contributed by atoms with van der Waals surface area (Å²) in [6.45, 7) is 4.66. The smallest absolute Gasteiger partial charge is 0.00259 e. The summed E-state index contributed by atoms with van der Waals surface area (Å²) in [5, 5.41) is 11.5. The normalized spacial score (nSPS) is 11.7. The van der Waals surface area contributed by atoms with Gasteiger partial charge in [-0.15, -0.1) is 0 Å². The van der Waals surface area contributed by atoms with Crippen molar-refractivity contribution in [2.45, 2.75) is 0 Å². The molecule has 49 heavy (non-hydrogen) atoms. The molecule has 0 amide bonds. The Balaban J connectivity index is 1.42. The lowest BCUT2D eigenvalue weighted by Crippen LogP contribution is -1.98. The minimum atomic E-state index is -0.192. The molecule has 9 aromatic carbocycles. The Morgan fingerprint density at radius 2 is 0.735 bits per heavy atom. The van der Waals surface area contributed by atoms with Gasteiger partial charge in [0.05, 0.1) is 0 Å². The summed E-state index contributed by atoms with van der Waals surface area (Å²) in [5.74, 6) is 0. The van der Waals surface area contributed by atoms with E-state index in [1.165, 1.54) is 92.9 Å². The molecule has 0 N–H and O–H groups in total. The SMILES string of the molecule is CP(C)c1cccc(-c2ccc3c(-c4ccc5ccccc5c4)c4cc(-c5ccccc5)ccc4c(-c4ccc5ccccc5c4)c3c2)c1. The van der Waals surface area contributed by atoms with Crippen LogP contribution in [0, 0.1) is 0 Å². The lowest BCUT2D eigenvalue weighted by molar-refractivity contribution is 1.63. The van der Waals surface area contributed by atoms with Crippen molar-refractivity contribution in [3.8, 4) is 44.5 Å². The average molecular weight is 643 g/mol. The van der Waals surface area contributed by atoms with Gasteiger partial charge in [-0.25, -0.2) is 0 Å². The molecule has 9 aromatic rings. The topological polar surface area (TPSA) is 0 Å². The number of hydrogen-bond acceptors (Lipinski definition) is 0. The zero-order chi connectivity index (χ0) is 32.9. The number of hydrogen-bond donors (Lipinski definition) is 0. The van der Waals surface area contributed by atoms with Gasteiger partial charge in [0.2, 0.25) is 0 Å². The zero-order valence-corrected chi connectivity index (χ0v) is 28.6. The van der Waals surface area contributed by atoms with E-state index in [9.17, 15) is 0 Å². The van der Waals surface area contributed by atoms with Gasteiger partial charge in [0.1, 0.15) is 0 Å². The third-order valence-corrected chi connectivity index (χ3v) is 11.3. The van der Waals surface area contributed by atoms with E-state index in [1.807, 2.05) is 0 Å². The molecule has 0 saturated carbocycles. The van der Waals surface area contributed by atoms with Gasteiger partial charge in [-0.2, -0.15) is 0 Å². The monoisotopic (exact) mass is 642 g/mol. The van der Waals surface area contributed by atoms with Crippen molar-refractivity contribution in [1.29, 1.82) is 0 Å². The third-order valence-electron chi connectivity index (χ3n) is 10.00. The highest BCUT2D eigenvalue weighted by Gasteiger charge is 2.19. The zero-order valence-electron chi connectivity index (χ0n) is 27.7. The molecule has 0 heterocycles. The molecular weight excluding hydrogens is 608 g/mol. The Morgan fingerprint density at radius 3 is 1.29 bits per heavy atom. The van der Waals surface area contributed by atoms with Crippen LogP contribution in [0.1, 0.15) is 0 Å². The molecule has 0 fully saturated rings. The molecule has 0 aliphatic rings. The molecule has 9 rings (SSSR count). The summed E-state index contributed by atoms with van der Waals surface area (Å²) in [6.07, 6.45) is 0. The first-order valence-electron chi connectivity index (χ1n) is 17.0. The molecule has 0 nitrogen and oxygen atoms in total. The summed E-state index contributed by atoms with van der Waals surface area (Å²) < 4.78 is 0. The van der Waals surface area contributed by atoms with E-state index in [4.69, 9.17) is 0 Å². The van der Waals surface area contributed by atoms with E-state index in [-0.39, 0.29) is 7.92 Å². The number of rotatable bonds is 5. The Labute approximate surface area is 289 Å². The second kappa shape index (κ2) is 12.2. The van der Waals surface area contributed by atoms with Crippen molar-refractivity contribution < 1.29 is 0 Å². The first-order valence-corrected chi connectivity index (χ1v) is 19.2. The van der Waals surface area contributed by atoms with E-state index < -0.39 is 0 Å². The number of benzene rings is 9. The largest absolute Gasteiger partial charge is 0.0817 e. The second-order valence-electron chi connectivity index (χ2n) is 13.2. The fourth-order valence-corrected chi connectivity index (χ4v) is 8.27. The van der Waals surface area contributed by atoms with Crippen molar-refractivity contribution in [3.63, 3.8) is 0 Å². The second-order valence-corrected chi connectivity index (χ2v) is 15.5. The van der Waals surface area contributed by atoms with Crippen LogP contribution in [0.25, 0.3) is 87.6 Å². The van der Waals surface area contributed by atoms with Crippen molar-refractivity contribution in [1.82, 2.24) is 0 Å². The lowest BCUT2D eigenvalue weighted by atomic mass is 9.83. The van der Waals surface area contributed by atoms with Crippen LogP contribution in [-0.2, 0) is 0 Å². The summed E-state index contributed by atoms with van der Waals surface area (Å²) in [6, 6.07) is 65.4. The molecule has 0 aliphatic carbocycles. The van der Waals surface area contributed by atoms with Crippen molar-refractivity contribution in [3.05, 3.63) is 176 Å². The van der Waals surface area contributed by atoms with Gasteiger partial charge in [0, 0.05) is 0 Å². The van der Waals surface area contributed by atoms with E-state index in [0.717, 1.165) is 0 Å². The van der Waals surface area contributed by atoms with Crippen molar-refractivity contribution in [2.75, 3.05) is 13.3 Å². The standard InChI is InChI=1S/C48H35P/c1-49(2)42-18-10-17-37(29-42)39-24-26-44-46(31-39)48(41-22-20-34-14-7-9-16-36(34)28-41)43-25-23-38(32-11-4-3-5-12-32)30-45(43)47(44)40-21-19-33-13-6-8-15-35(33)27-40/h3-31H,1-2H3. The van der Waals surface area contributed by atoms with Gasteiger partial charge in [0.15, 0.2) is 0 Å². The summed E-state index contributed by atoms with van der Waals surface area (Å²) in [5.41, 5.74) is 10.0. The number of fused-ring (bicyclic) bond motifs is 4. The third kappa shape index (κ3) is 5.30. The Bertz CT molecular complexity index is 2680. The highest BCUT2D eigenvalue weighted by atomic mass is 31.1. The average Bonchev–Trinajstić information content (AvgIpc) is 3.16. The van der Waals surface area contributed by atoms with Gasteiger partial charge in [-0.3, -0.25) is 0 Å². The molecule has 0 bridgehead atoms. The molecule has 1 heteroatoms. The summed E-state index contributed by atoms with van der Waals surface area (Å²) in [4.78, 5) is 0. The predicted molar refractivity (Wildman–Crippen MR) is 217 cm³/mol. The van der Waals surface area contributed by atoms with E-state index >= 15 is 0 Å². The Kier molecular flexibility index (Phi) is 7.34. The van der Waals surface area contributed by atoms with Gasteiger partial charge in [-0.1, -0.05) is 154 Å². The maximum atomic E-state index is 2.45. The van der Waals surface area contributed by atoms with E-state index in [1.54, 1.807) is 0 Å². The molecule has 0 aliphatic heterocycles. The fraction of sp³-hybridized carbons (Fsp3) is 0.0417. The maximum absolute atomic E-state index is 2.45. The fourth-order valence-electron chi connectivity index (χ4n) is 7.49.